The molecule has 1 aromatic carbocycles. The monoisotopic (exact) mass is 485 g/mol. The minimum absolute atomic E-state index is 0.759. The average Bonchev–Trinajstić information content (AvgIpc) is 2.28. The van der Waals surface area contributed by atoms with Crippen LogP contribution in [0.3, 0.4) is 0 Å². The summed E-state index contributed by atoms with van der Waals surface area (Å²) in [7, 11) is 2.03. The molecule has 0 saturated carbocycles. The quantitative estimate of drug-likeness (QED) is 0.487. The van der Waals surface area contributed by atoms with Crippen LogP contribution in [-0.4, -0.2) is 17.0 Å². The van der Waals surface area contributed by atoms with Crippen LogP contribution < -0.4 is 4.90 Å². The molecule has 0 aliphatic rings. The zero-order valence-corrected chi connectivity index (χ0v) is 14.6. The van der Waals surface area contributed by atoms with E-state index >= 15 is 0 Å². The third-order valence-corrected chi connectivity index (χ3v) is 4.24. The van der Waals surface area contributed by atoms with Crippen LogP contribution in [0.4, 0.5) is 5.69 Å². The van der Waals surface area contributed by atoms with Crippen LogP contribution in [-0.2, 0) is 6.54 Å². The minimum atomic E-state index is 0.759. The summed E-state index contributed by atoms with van der Waals surface area (Å²) in [4.78, 5) is 10.6. The molecule has 0 aliphatic carbocycles. The number of halogens is 3. The second-order valence-electron chi connectivity index (χ2n) is 3.79. The van der Waals surface area contributed by atoms with Gasteiger partial charge in [0.2, 0.25) is 0 Å². The first-order valence-corrected chi connectivity index (χ1v) is 7.73. The van der Waals surface area contributed by atoms with Crippen molar-refractivity contribution in [3.63, 3.8) is 0 Å². The van der Waals surface area contributed by atoms with E-state index in [1.54, 1.807) is 6.33 Å². The van der Waals surface area contributed by atoms with Gasteiger partial charge in [-0.1, -0.05) is 23.7 Å². The van der Waals surface area contributed by atoms with Crippen molar-refractivity contribution in [2.75, 3.05) is 11.9 Å². The largest absolute Gasteiger partial charge is 0.366 e. The van der Waals surface area contributed by atoms with Gasteiger partial charge < -0.3 is 4.90 Å². The van der Waals surface area contributed by atoms with Gasteiger partial charge in [-0.15, -0.1) is 0 Å². The number of benzene rings is 1. The summed E-state index contributed by atoms with van der Waals surface area (Å²) in [5.74, 6) is 0. The molecule has 0 saturated heterocycles. The van der Waals surface area contributed by atoms with Crippen LogP contribution in [0.1, 0.15) is 5.56 Å². The molecule has 0 bridgehead atoms. The predicted molar refractivity (Wildman–Crippen MR) is 91.0 cm³/mol. The van der Waals surface area contributed by atoms with Crippen molar-refractivity contribution < 1.29 is 0 Å². The first-order chi connectivity index (χ1) is 8.58. The number of rotatable bonds is 3. The number of hydrogen-bond donors (Lipinski definition) is 0. The Labute approximate surface area is 138 Å². The fraction of sp³-hybridized carbons (Fsp3) is 0.167. The summed E-state index contributed by atoms with van der Waals surface area (Å²) in [6.45, 7) is 0.778. The smallest absolute Gasteiger partial charge is 0.129 e. The Morgan fingerprint density at radius 3 is 2.50 bits per heavy atom. The van der Waals surface area contributed by atoms with Crippen LogP contribution in [0.15, 0.2) is 30.6 Å². The third kappa shape index (κ3) is 3.45. The highest BCUT2D eigenvalue weighted by atomic mass is 127. The molecule has 0 radical (unpaired) electrons. The minimum Gasteiger partial charge on any atom is -0.366 e. The van der Waals surface area contributed by atoms with E-state index in [4.69, 9.17) is 11.6 Å². The lowest BCUT2D eigenvalue weighted by atomic mass is 10.2. The lowest BCUT2D eigenvalue weighted by molar-refractivity contribution is 0.894. The molecule has 3 nitrogen and oxygen atoms in total. The number of hydrogen-bond acceptors (Lipinski definition) is 3. The Kier molecular flexibility index (Phi) is 5.02. The lowest BCUT2D eigenvalue weighted by Crippen LogP contribution is -2.19. The average molecular weight is 485 g/mol. The maximum atomic E-state index is 5.99. The van der Waals surface area contributed by atoms with Gasteiger partial charge in [0.25, 0.3) is 0 Å². The Hall–Kier alpha value is -0.150. The highest BCUT2D eigenvalue weighted by molar-refractivity contribution is 14.1. The van der Waals surface area contributed by atoms with Gasteiger partial charge in [0.1, 0.15) is 19.4 Å². The predicted octanol–water partition coefficient (Wildman–Crippen LogP) is 3.98. The highest BCUT2D eigenvalue weighted by Gasteiger charge is 2.12. The van der Waals surface area contributed by atoms with Gasteiger partial charge >= 0.3 is 0 Å². The summed E-state index contributed by atoms with van der Waals surface area (Å²) in [5.41, 5.74) is 2.22. The van der Waals surface area contributed by atoms with Gasteiger partial charge in [0, 0.05) is 18.6 Å². The Morgan fingerprint density at radius 2 is 1.89 bits per heavy atom. The van der Waals surface area contributed by atoms with E-state index in [9.17, 15) is 0 Å². The van der Waals surface area contributed by atoms with Crippen LogP contribution in [0.2, 0.25) is 5.02 Å². The summed E-state index contributed by atoms with van der Waals surface area (Å²) >= 11 is 10.4. The molecule has 0 fully saturated rings. The van der Waals surface area contributed by atoms with Crippen molar-refractivity contribution in [3.8, 4) is 0 Å². The molecule has 1 aromatic heterocycles. The molecule has 2 rings (SSSR count). The van der Waals surface area contributed by atoms with Gasteiger partial charge in [-0.2, -0.15) is 0 Å². The molecule has 0 spiro atoms. The Bertz CT molecular complexity index is 543. The molecular formula is C12H10ClI2N3. The first kappa shape index (κ1) is 14.3. The second kappa shape index (κ2) is 6.33. The molecule has 0 aliphatic heterocycles. The fourth-order valence-electron chi connectivity index (χ4n) is 1.64. The summed E-state index contributed by atoms with van der Waals surface area (Å²) in [6.07, 6.45) is 1.58. The Morgan fingerprint density at radius 1 is 1.22 bits per heavy atom. The van der Waals surface area contributed by atoms with E-state index in [2.05, 4.69) is 66.1 Å². The van der Waals surface area contributed by atoms with Gasteiger partial charge in [0.05, 0.1) is 0 Å². The maximum Gasteiger partial charge on any atom is 0.129 e. The Balaban J connectivity index is 2.25. The van der Waals surface area contributed by atoms with E-state index in [-0.39, 0.29) is 0 Å². The first-order valence-electron chi connectivity index (χ1n) is 5.19. The third-order valence-electron chi connectivity index (χ3n) is 2.42. The van der Waals surface area contributed by atoms with Crippen molar-refractivity contribution in [2.24, 2.45) is 0 Å². The topological polar surface area (TPSA) is 29.0 Å². The van der Waals surface area contributed by atoms with Crippen LogP contribution in [0, 0.1) is 7.40 Å². The summed E-state index contributed by atoms with van der Waals surface area (Å²) < 4.78 is 1.91. The standard InChI is InChI=1S/C12H10ClI2N3/c1-18(6-8-3-2-4-9(13)5-8)10-11(14)16-7-17-12(10)15/h2-5,7H,6H2,1H3. The number of aromatic nitrogens is 2. The van der Waals surface area contributed by atoms with E-state index in [0.717, 1.165) is 24.7 Å². The number of nitrogens with zero attached hydrogens (tertiary/aromatic N) is 3. The second-order valence-corrected chi connectivity index (χ2v) is 6.27. The SMILES string of the molecule is CN(Cc1cccc(Cl)c1)c1c(I)ncnc1I. The van der Waals surface area contributed by atoms with E-state index in [0.29, 0.717) is 0 Å². The van der Waals surface area contributed by atoms with Gasteiger partial charge in [0.15, 0.2) is 0 Å². The fourth-order valence-corrected chi connectivity index (χ4v) is 3.95. The van der Waals surface area contributed by atoms with Crippen molar-refractivity contribution in [1.29, 1.82) is 0 Å². The molecule has 18 heavy (non-hydrogen) atoms. The summed E-state index contributed by atoms with van der Waals surface area (Å²) in [5, 5.41) is 0.759. The molecule has 1 heterocycles. The summed E-state index contributed by atoms with van der Waals surface area (Å²) in [6, 6.07) is 7.88. The zero-order valence-electron chi connectivity index (χ0n) is 9.57. The van der Waals surface area contributed by atoms with E-state index < -0.39 is 0 Å². The van der Waals surface area contributed by atoms with Crippen molar-refractivity contribution in [1.82, 2.24) is 9.97 Å². The van der Waals surface area contributed by atoms with Crippen molar-refractivity contribution in [3.05, 3.63) is 48.6 Å². The molecule has 0 amide bonds. The van der Waals surface area contributed by atoms with Crippen LogP contribution in [0.5, 0.6) is 0 Å². The van der Waals surface area contributed by atoms with Gasteiger partial charge in [-0.25, -0.2) is 9.97 Å². The molecule has 2 aromatic rings. The van der Waals surface area contributed by atoms with Crippen molar-refractivity contribution in [2.45, 2.75) is 6.54 Å². The molecule has 6 heteroatoms. The molecule has 0 unspecified atom stereocenters. The van der Waals surface area contributed by atoms with Gasteiger partial charge in [-0.05, 0) is 62.9 Å². The van der Waals surface area contributed by atoms with Crippen LogP contribution >= 0.6 is 56.8 Å². The molecular weight excluding hydrogens is 475 g/mol. The molecule has 94 valence electrons. The number of anilines is 1. The van der Waals surface area contributed by atoms with Crippen LogP contribution in [0.25, 0.3) is 0 Å². The highest BCUT2D eigenvalue weighted by Crippen LogP contribution is 2.25. The normalized spacial score (nSPS) is 10.4. The van der Waals surface area contributed by atoms with E-state index in [1.807, 2.05) is 25.2 Å². The molecule has 0 atom stereocenters. The maximum absolute atomic E-state index is 5.99. The van der Waals surface area contributed by atoms with Gasteiger partial charge in [-0.3, -0.25) is 0 Å². The molecule has 0 N–H and O–H groups in total. The zero-order chi connectivity index (χ0) is 13.1. The van der Waals surface area contributed by atoms with E-state index in [1.165, 1.54) is 5.56 Å². The van der Waals surface area contributed by atoms with Crippen molar-refractivity contribution >= 4 is 62.5 Å². The lowest BCUT2D eigenvalue weighted by Gasteiger charge is -2.21.